The van der Waals surface area contributed by atoms with Crippen LogP contribution in [0.15, 0.2) is 54.6 Å². The molecular weight excluding hydrogens is 337 g/mol. The highest BCUT2D eigenvalue weighted by atomic mass is 19.4. The minimum absolute atomic E-state index is 0.412. The summed E-state index contributed by atoms with van der Waals surface area (Å²) in [4.78, 5) is 2.35. The number of nitrogens with one attached hydrogen (secondary N) is 1. The summed E-state index contributed by atoms with van der Waals surface area (Å²) in [6, 6.07) is 16.4. The molecule has 1 aliphatic rings. The third-order valence-electron chi connectivity index (χ3n) is 5.00. The highest BCUT2D eigenvalue weighted by Crippen LogP contribution is 2.30. The van der Waals surface area contributed by atoms with Crippen LogP contribution in [0.4, 0.5) is 13.2 Å². The van der Waals surface area contributed by atoms with Crippen molar-refractivity contribution in [2.75, 3.05) is 19.6 Å². The Bertz CT molecular complexity index is 679. The molecule has 1 heterocycles. The molecule has 1 N–H and O–H groups in total. The molecule has 0 spiro atoms. The van der Waals surface area contributed by atoms with Crippen LogP contribution < -0.4 is 5.32 Å². The van der Waals surface area contributed by atoms with Crippen molar-refractivity contribution in [1.29, 1.82) is 0 Å². The van der Waals surface area contributed by atoms with Gasteiger partial charge in [-0.05, 0) is 49.5 Å². The molecule has 0 unspecified atom stereocenters. The van der Waals surface area contributed by atoms with Crippen LogP contribution in [0.25, 0.3) is 0 Å². The average molecular weight is 362 g/mol. The van der Waals surface area contributed by atoms with E-state index in [2.05, 4.69) is 22.3 Å². The normalized spacial score (nSPS) is 16.2. The smallest absolute Gasteiger partial charge is 0.317 e. The second kappa shape index (κ2) is 8.69. The van der Waals surface area contributed by atoms with Gasteiger partial charge in [0.15, 0.2) is 0 Å². The molecule has 1 fully saturated rings. The largest absolute Gasteiger partial charge is 0.416 e. The minimum Gasteiger partial charge on any atom is -0.317 e. The van der Waals surface area contributed by atoms with E-state index < -0.39 is 11.7 Å². The maximum atomic E-state index is 13.0. The molecule has 140 valence electrons. The van der Waals surface area contributed by atoms with Crippen molar-refractivity contribution in [2.45, 2.75) is 38.0 Å². The van der Waals surface area contributed by atoms with Crippen molar-refractivity contribution in [3.05, 3.63) is 71.3 Å². The number of hydrogen-bond acceptors (Lipinski definition) is 2. The first-order valence-electron chi connectivity index (χ1n) is 9.17. The van der Waals surface area contributed by atoms with Gasteiger partial charge in [0.2, 0.25) is 0 Å². The van der Waals surface area contributed by atoms with E-state index in [0.29, 0.717) is 12.6 Å². The van der Waals surface area contributed by atoms with Crippen LogP contribution in [0.5, 0.6) is 0 Å². The van der Waals surface area contributed by atoms with E-state index in [9.17, 15) is 13.2 Å². The highest BCUT2D eigenvalue weighted by molar-refractivity contribution is 5.25. The summed E-state index contributed by atoms with van der Waals surface area (Å²) < 4.78 is 39.0. The highest BCUT2D eigenvalue weighted by Gasteiger charge is 2.30. The molecule has 2 aromatic rings. The van der Waals surface area contributed by atoms with Gasteiger partial charge in [-0.1, -0.05) is 48.5 Å². The zero-order valence-corrected chi connectivity index (χ0v) is 14.8. The summed E-state index contributed by atoms with van der Waals surface area (Å²) in [6.07, 6.45) is -1.31. The van der Waals surface area contributed by atoms with Gasteiger partial charge in [-0.2, -0.15) is 13.2 Å². The number of nitrogens with zero attached hydrogens (tertiary/aromatic N) is 1. The average Bonchev–Trinajstić information content (AvgIpc) is 2.66. The molecular formula is C21H25F3N2. The first-order chi connectivity index (χ1) is 12.5. The summed E-state index contributed by atoms with van der Waals surface area (Å²) in [5.74, 6) is 0. The third-order valence-corrected chi connectivity index (χ3v) is 5.00. The van der Waals surface area contributed by atoms with Crippen molar-refractivity contribution in [2.24, 2.45) is 0 Å². The predicted octanol–water partition coefficient (Wildman–Crippen LogP) is 4.50. The Kier molecular flexibility index (Phi) is 6.33. The first kappa shape index (κ1) is 18.9. The van der Waals surface area contributed by atoms with E-state index in [1.54, 1.807) is 6.07 Å². The molecule has 0 amide bonds. The number of halogens is 3. The summed E-state index contributed by atoms with van der Waals surface area (Å²) in [6.45, 7) is 3.34. The summed E-state index contributed by atoms with van der Waals surface area (Å²) in [7, 11) is 0. The van der Waals surface area contributed by atoms with Crippen LogP contribution in [0.3, 0.4) is 0 Å². The Balaban J connectivity index is 1.72. The number of alkyl halides is 3. The van der Waals surface area contributed by atoms with E-state index in [0.717, 1.165) is 50.5 Å². The fourth-order valence-corrected chi connectivity index (χ4v) is 3.56. The molecule has 0 bridgehead atoms. The van der Waals surface area contributed by atoms with Gasteiger partial charge in [0.1, 0.15) is 0 Å². The minimum atomic E-state index is -4.29. The number of hydrogen-bond donors (Lipinski definition) is 1. The van der Waals surface area contributed by atoms with Gasteiger partial charge >= 0.3 is 6.18 Å². The van der Waals surface area contributed by atoms with Gasteiger partial charge in [0.05, 0.1) is 5.56 Å². The van der Waals surface area contributed by atoms with Crippen LogP contribution in [-0.2, 0) is 19.1 Å². The van der Waals surface area contributed by atoms with Gasteiger partial charge in [-0.3, -0.25) is 4.90 Å². The Labute approximate surface area is 153 Å². The lowest BCUT2D eigenvalue weighted by atomic mass is 10.0. The first-order valence-corrected chi connectivity index (χ1v) is 9.17. The molecule has 0 aromatic heterocycles. The zero-order valence-electron chi connectivity index (χ0n) is 14.8. The van der Waals surface area contributed by atoms with Crippen molar-refractivity contribution in [3.63, 3.8) is 0 Å². The van der Waals surface area contributed by atoms with Crippen LogP contribution in [-0.4, -0.2) is 30.6 Å². The summed E-state index contributed by atoms with van der Waals surface area (Å²) >= 11 is 0. The molecule has 0 radical (unpaired) electrons. The lowest BCUT2D eigenvalue weighted by molar-refractivity contribution is -0.137. The number of rotatable bonds is 6. The summed E-state index contributed by atoms with van der Waals surface area (Å²) in [5.41, 5.74) is 1.42. The molecule has 3 rings (SSSR count). The van der Waals surface area contributed by atoms with Gasteiger partial charge in [0.25, 0.3) is 0 Å². The van der Waals surface area contributed by atoms with Gasteiger partial charge in [0, 0.05) is 19.1 Å². The van der Waals surface area contributed by atoms with Crippen LogP contribution in [0, 0.1) is 0 Å². The van der Waals surface area contributed by atoms with E-state index in [1.807, 2.05) is 18.2 Å². The molecule has 1 aliphatic heterocycles. The van der Waals surface area contributed by atoms with Gasteiger partial charge in [-0.15, -0.1) is 0 Å². The Hall–Kier alpha value is -1.85. The molecule has 0 saturated carbocycles. The second-order valence-corrected chi connectivity index (χ2v) is 6.89. The maximum absolute atomic E-state index is 13.0. The molecule has 0 aliphatic carbocycles. The van der Waals surface area contributed by atoms with Crippen molar-refractivity contribution < 1.29 is 13.2 Å². The van der Waals surface area contributed by atoms with Crippen LogP contribution in [0.1, 0.15) is 29.5 Å². The lowest BCUT2D eigenvalue weighted by Crippen LogP contribution is -2.43. The fourth-order valence-electron chi connectivity index (χ4n) is 3.56. The molecule has 2 nitrogen and oxygen atoms in total. The van der Waals surface area contributed by atoms with Gasteiger partial charge < -0.3 is 5.32 Å². The molecule has 26 heavy (non-hydrogen) atoms. The van der Waals surface area contributed by atoms with E-state index in [-0.39, 0.29) is 0 Å². The zero-order chi connectivity index (χ0) is 18.4. The standard InChI is InChI=1S/C21H25F3N2/c22-21(23,24)19-8-4-7-18(15-19)16-26(20-9-12-25-13-10-20)14-11-17-5-2-1-3-6-17/h1-8,15,20,25H,9-14,16H2. The van der Waals surface area contributed by atoms with E-state index in [4.69, 9.17) is 0 Å². The predicted molar refractivity (Wildman–Crippen MR) is 97.9 cm³/mol. The molecule has 1 saturated heterocycles. The Morgan fingerprint density at radius 2 is 1.62 bits per heavy atom. The molecule has 5 heteroatoms. The molecule has 0 atom stereocenters. The number of piperidine rings is 1. The van der Waals surface area contributed by atoms with Gasteiger partial charge in [-0.25, -0.2) is 0 Å². The second-order valence-electron chi connectivity index (χ2n) is 6.89. The Morgan fingerprint density at radius 1 is 0.923 bits per heavy atom. The third kappa shape index (κ3) is 5.32. The van der Waals surface area contributed by atoms with Crippen molar-refractivity contribution in [1.82, 2.24) is 10.2 Å². The van der Waals surface area contributed by atoms with E-state index >= 15 is 0 Å². The topological polar surface area (TPSA) is 15.3 Å². The number of benzene rings is 2. The SMILES string of the molecule is FC(F)(F)c1cccc(CN(CCc2ccccc2)C2CCNCC2)c1. The monoisotopic (exact) mass is 362 g/mol. The fraction of sp³-hybridized carbons (Fsp3) is 0.429. The van der Waals surface area contributed by atoms with Crippen molar-refractivity contribution in [3.8, 4) is 0 Å². The van der Waals surface area contributed by atoms with E-state index in [1.165, 1.54) is 17.7 Å². The quantitative estimate of drug-likeness (QED) is 0.814. The van der Waals surface area contributed by atoms with Crippen LogP contribution in [0.2, 0.25) is 0 Å². The molecule has 2 aromatic carbocycles. The lowest BCUT2D eigenvalue weighted by Gasteiger charge is -2.35. The Morgan fingerprint density at radius 3 is 2.31 bits per heavy atom. The van der Waals surface area contributed by atoms with Crippen molar-refractivity contribution >= 4 is 0 Å². The maximum Gasteiger partial charge on any atom is 0.416 e. The van der Waals surface area contributed by atoms with Crippen LogP contribution >= 0.6 is 0 Å². The summed E-state index contributed by atoms with van der Waals surface area (Å²) in [5, 5.41) is 3.36.